The molecule has 16 heavy (non-hydrogen) atoms. The van der Waals surface area contributed by atoms with Crippen molar-refractivity contribution in [1.82, 2.24) is 10.3 Å². The lowest BCUT2D eigenvalue weighted by Gasteiger charge is -2.20. The van der Waals surface area contributed by atoms with Crippen molar-refractivity contribution in [2.45, 2.75) is 64.5 Å². The van der Waals surface area contributed by atoms with E-state index in [1.807, 2.05) is 0 Å². The zero-order valence-electron chi connectivity index (χ0n) is 10.3. The molecule has 1 aromatic heterocycles. The van der Waals surface area contributed by atoms with E-state index in [1.165, 1.54) is 32.1 Å². The summed E-state index contributed by atoms with van der Waals surface area (Å²) in [7, 11) is 0. The molecule has 90 valence electrons. The molecule has 0 aliphatic heterocycles. The molecular weight excluding hydrogens is 200 g/mol. The van der Waals surface area contributed by atoms with Gasteiger partial charge in [0, 0.05) is 18.5 Å². The van der Waals surface area contributed by atoms with Crippen molar-refractivity contribution in [3.05, 3.63) is 17.8 Å². The molecule has 0 saturated heterocycles. The van der Waals surface area contributed by atoms with Crippen LogP contribution in [0.15, 0.2) is 10.8 Å². The zero-order chi connectivity index (χ0) is 11.4. The summed E-state index contributed by atoms with van der Waals surface area (Å²) in [5.74, 6) is 1.74. The van der Waals surface area contributed by atoms with Crippen molar-refractivity contribution >= 4 is 0 Å². The summed E-state index contributed by atoms with van der Waals surface area (Å²) in [6, 6.07) is 0.496. The first-order valence-corrected chi connectivity index (χ1v) is 6.43. The minimum Gasteiger partial charge on any atom is -0.448 e. The Bertz CT molecular complexity index is 313. The standard InChI is InChI=1S/C13H22N2O/c1-10(2)14-8-12-13(16-9-15-12)11-6-4-3-5-7-11/h9-11,14H,3-8H2,1-2H3. The third-order valence-electron chi connectivity index (χ3n) is 3.33. The topological polar surface area (TPSA) is 38.1 Å². The van der Waals surface area contributed by atoms with Gasteiger partial charge < -0.3 is 9.73 Å². The smallest absolute Gasteiger partial charge is 0.181 e. The van der Waals surface area contributed by atoms with Crippen LogP contribution in [0.5, 0.6) is 0 Å². The fourth-order valence-corrected chi connectivity index (χ4v) is 2.41. The second-order valence-electron chi connectivity index (χ2n) is 5.03. The average Bonchev–Trinajstić information content (AvgIpc) is 2.75. The first-order chi connectivity index (χ1) is 7.77. The van der Waals surface area contributed by atoms with Gasteiger partial charge in [0.05, 0.1) is 5.69 Å². The Morgan fingerprint density at radius 3 is 2.81 bits per heavy atom. The first-order valence-electron chi connectivity index (χ1n) is 6.43. The fraction of sp³-hybridized carbons (Fsp3) is 0.769. The van der Waals surface area contributed by atoms with E-state index >= 15 is 0 Å². The molecular formula is C13H22N2O. The van der Waals surface area contributed by atoms with Crippen LogP contribution >= 0.6 is 0 Å². The molecule has 0 spiro atoms. The number of nitrogens with one attached hydrogen (secondary N) is 1. The molecule has 1 saturated carbocycles. The largest absolute Gasteiger partial charge is 0.448 e. The van der Waals surface area contributed by atoms with Gasteiger partial charge >= 0.3 is 0 Å². The highest BCUT2D eigenvalue weighted by atomic mass is 16.3. The average molecular weight is 222 g/mol. The summed E-state index contributed by atoms with van der Waals surface area (Å²) in [6.07, 6.45) is 8.18. The summed E-state index contributed by atoms with van der Waals surface area (Å²) >= 11 is 0. The third-order valence-corrected chi connectivity index (χ3v) is 3.33. The van der Waals surface area contributed by atoms with E-state index in [1.54, 1.807) is 6.39 Å². The Hall–Kier alpha value is -0.830. The Labute approximate surface area is 97.6 Å². The first kappa shape index (κ1) is 11.6. The molecule has 0 bridgehead atoms. The maximum Gasteiger partial charge on any atom is 0.181 e. The van der Waals surface area contributed by atoms with E-state index in [2.05, 4.69) is 24.1 Å². The molecule has 1 aromatic rings. The summed E-state index contributed by atoms with van der Waals surface area (Å²) < 4.78 is 5.59. The predicted molar refractivity (Wildman–Crippen MR) is 64.3 cm³/mol. The molecule has 3 nitrogen and oxygen atoms in total. The Kier molecular flexibility index (Phi) is 3.99. The van der Waals surface area contributed by atoms with Crippen LogP contribution in [-0.2, 0) is 6.54 Å². The van der Waals surface area contributed by atoms with Gasteiger partial charge in [-0.15, -0.1) is 0 Å². The number of nitrogens with zero attached hydrogens (tertiary/aromatic N) is 1. The Morgan fingerprint density at radius 2 is 2.12 bits per heavy atom. The second-order valence-corrected chi connectivity index (χ2v) is 5.03. The highest BCUT2D eigenvalue weighted by Gasteiger charge is 2.22. The lowest BCUT2D eigenvalue weighted by Crippen LogP contribution is -2.23. The van der Waals surface area contributed by atoms with Crippen LogP contribution in [-0.4, -0.2) is 11.0 Å². The maximum absolute atomic E-state index is 5.59. The Morgan fingerprint density at radius 1 is 1.38 bits per heavy atom. The van der Waals surface area contributed by atoms with E-state index in [0.717, 1.165) is 18.0 Å². The van der Waals surface area contributed by atoms with Crippen molar-refractivity contribution in [1.29, 1.82) is 0 Å². The highest BCUT2D eigenvalue weighted by Crippen LogP contribution is 2.34. The van der Waals surface area contributed by atoms with Crippen LogP contribution in [0.2, 0.25) is 0 Å². The number of aromatic nitrogens is 1. The maximum atomic E-state index is 5.59. The third kappa shape index (κ3) is 2.85. The summed E-state index contributed by atoms with van der Waals surface area (Å²) in [5, 5.41) is 3.40. The minimum atomic E-state index is 0.496. The van der Waals surface area contributed by atoms with Gasteiger partial charge in [-0.2, -0.15) is 0 Å². The molecule has 0 radical (unpaired) electrons. The van der Waals surface area contributed by atoms with Gasteiger partial charge in [-0.3, -0.25) is 0 Å². The molecule has 0 atom stereocenters. The lowest BCUT2D eigenvalue weighted by molar-refractivity contribution is 0.369. The van der Waals surface area contributed by atoms with Crippen LogP contribution in [0.25, 0.3) is 0 Å². The van der Waals surface area contributed by atoms with Gasteiger partial charge in [0.1, 0.15) is 5.76 Å². The molecule has 3 heteroatoms. The number of hydrogen-bond acceptors (Lipinski definition) is 3. The second kappa shape index (κ2) is 5.48. The molecule has 2 rings (SSSR count). The van der Waals surface area contributed by atoms with Crippen LogP contribution in [0.1, 0.15) is 63.3 Å². The molecule has 0 unspecified atom stereocenters. The summed E-state index contributed by atoms with van der Waals surface area (Å²) in [5.41, 5.74) is 1.11. The number of rotatable bonds is 4. The van der Waals surface area contributed by atoms with Gasteiger partial charge in [-0.05, 0) is 12.8 Å². The minimum absolute atomic E-state index is 0.496. The van der Waals surface area contributed by atoms with Gasteiger partial charge in [-0.1, -0.05) is 33.1 Å². The molecule has 0 amide bonds. The van der Waals surface area contributed by atoms with E-state index in [9.17, 15) is 0 Å². The van der Waals surface area contributed by atoms with E-state index in [4.69, 9.17) is 4.42 Å². The predicted octanol–water partition coefficient (Wildman–Crippen LogP) is 3.22. The molecule has 0 aromatic carbocycles. The van der Waals surface area contributed by atoms with Crippen molar-refractivity contribution in [3.8, 4) is 0 Å². The van der Waals surface area contributed by atoms with Crippen LogP contribution < -0.4 is 5.32 Å². The molecule has 1 heterocycles. The summed E-state index contributed by atoms with van der Waals surface area (Å²) in [6.45, 7) is 5.14. The molecule has 1 aliphatic carbocycles. The van der Waals surface area contributed by atoms with Crippen LogP contribution in [0, 0.1) is 0 Å². The van der Waals surface area contributed by atoms with Crippen molar-refractivity contribution in [2.24, 2.45) is 0 Å². The quantitative estimate of drug-likeness (QED) is 0.850. The molecule has 1 N–H and O–H groups in total. The molecule has 1 fully saturated rings. The lowest BCUT2D eigenvalue weighted by atomic mass is 9.87. The van der Waals surface area contributed by atoms with E-state index in [-0.39, 0.29) is 0 Å². The van der Waals surface area contributed by atoms with Gasteiger partial charge in [0.25, 0.3) is 0 Å². The van der Waals surface area contributed by atoms with Crippen molar-refractivity contribution in [2.75, 3.05) is 0 Å². The van der Waals surface area contributed by atoms with E-state index < -0.39 is 0 Å². The Balaban J connectivity index is 2.00. The van der Waals surface area contributed by atoms with Crippen LogP contribution in [0.3, 0.4) is 0 Å². The SMILES string of the molecule is CC(C)NCc1ncoc1C1CCCCC1. The normalized spacial score (nSPS) is 18.2. The monoisotopic (exact) mass is 222 g/mol. The van der Waals surface area contributed by atoms with E-state index in [0.29, 0.717) is 12.0 Å². The molecule has 1 aliphatic rings. The number of oxazole rings is 1. The van der Waals surface area contributed by atoms with Gasteiger partial charge in [0.2, 0.25) is 0 Å². The summed E-state index contributed by atoms with van der Waals surface area (Å²) in [4.78, 5) is 4.33. The highest BCUT2D eigenvalue weighted by molar-refractivity contribution is 5.13. The van der Waals surface area contributed by atoms with Crippen LogP contribution in [0.4, 0.5) is 0 Å². The zero-order valence-corrected chi connectivity index (χ0v) is 10.3. The fourth-order valence-electron chi connectivity index (χ4n) is 2.41. The van der Waals surface area contributed by atoms with Crippen molar-refractivity contribution < 1.29 is 4.42 Å². The van der Waals surface area contributed by atoms with Gasteiger partial charge in [0.15, 0.2) is 6.39 Å². The van der Waals surface area contributed by atoms with Crippen molar-refractivity contribution in [3.63, 3.8) is 0 Å². The number of hydrogen-bond donors (Lipinski definition) is 1. The van der Waals surface area contributed by atoms with Gasteiger partial charge in [-0.25, -0.2) is 4.98 Å².